The molecule has 8 nitrogen and oxygen atoms in total. The molecule has 3 N–H and O–H groups in total. The number of nitrogens with two attached hydrogens (primary N) is 1. The summed E-state index contributed by atoms with van der Waals surface area (Å²) in [7, 11) is 0. The molecule has 2 aromatic carbocycles. The van der Waals surface area contributed by atoms with Crippen molar-refractivity contribution in [2.45, 2.75) is 58.7 Å². The summed E-state index contributed by atoms with van der Waals surface area (Å²) in [6.45, 7) is 4.75. The van der Waals surface area contributed by atoms with Crippen molar-refractivity contribution in [2.24, 2.45) is 0 Å². The molecule has 0 fully saturated rings. The fraction of sp³-hybridized carbons (Fsp3) is 0.370. The van der Waals surface area contributed by atoms with Crippen LogP contribution >= 0.6 is 0 Å². The van der Waals surface area contributed by atoms with E-state index in [-0.39, 0.29) is 36.5 Å². The largest absolute Gasteiger partial charge is 0.383 e. The molecule has 0 spiro atoms. The number of nitrogen functional groups attached to an aromatic ring is 1. The Hall–Kier alpha value is -3.81. The van der Waals surface area contributed by atoms with Crippen molar-refractivity contribution in [1.29, 1.82) is 0 Å². The minimum atomic E-state index is -0.656. The Morgan fingerprint density at radius 1 is 1.11 bits per heavy atom. The second-order valence-electron chi connectivity index (χ2n) is 9.11. The van der Waals surface area contributed by atoms with Crippen LogP contribution in [0.2, 0.25) is 0 Å². The first-order valence-electron chi connectivity index (χ1n) is 12.2. The lowest BCUT2D eigenvalue weighted by Crippen LogP contribution is -2.48. The van der Waals surface area contributed by atoms with Crippen molar-refractivity contribution < 1.29 is 4.79 Å². The molecule has 1 amide bonds. The van der Waals surface area contributed by atoms with Crippen molar-refractivity contribution in [3.05, 3.63) is 86.6 Å². The normalized spacial score (nSPS) is 15.0. The lowest BCUT2D eigenvalue weighted by Gasteiger charge is -2.38. The number of hydrogen-bond acceptors (Lipinski definition) is 5. The SMILES string of the molecule is CCCCn1c(N)c(N(Cc2ccccc2)C(=O)CN2c3ccccc3CCC2C)c(=O)[nH]c1=O. The number of fused-ring (bicyclic) bond motifs is 1. The van der Waals surface area contributed by atoms with Gasteiger partial charge in [-0.15, -0.1) is 0 Å². The number of aromatic amines is 1. The van der Waals surface area contributed by atoms with Crippen molar-refractivity contribution in [2.75, 3.05) is 22.1 Å². The van der Waals surface area contributed by atoms with E-state index < -0.39 is 11.2 Å². The lowest BCUT2D eigenvalue weighted by molar-refractivity contribution is -0.117. The third kappa shape index (κ3) is 5.16. The number of rotatable bonds is 8. The summed E-state index contributed by atoms with van der Waals surface area (Å²) in [5.74, 6) is -0.237. The summed E-state index contributed by atoms with van der Waals surface area (Å²) in [5.41, 5.74) is 8.30. The van der Waals surface area contributed by atoms with Gasteiger partial charge in [-0.2, -0.15) is 0 Å². The first kappa shape index (κ1) is 24.3. The summed E-state index contributed by atoms with van der Waals surface area (Å²) in [5, 5.41) is 0. The zero-order valence-corrected chi connectivity index (χ0v) is 20.4. The maximum absolute atomic E-state index is 13.9. The minimum absolute atomic E-state index is 0.0172. The average molecular weight is 476 g/mol. The van der Waals surface area contributed by atoms with Gasteiger partial charge < -0.3 is 10.6 Å². The zero-order chi connectivity index (χ0) is 24.9. The van der Waals surface area contributed by atoms with Crippen LogP contribution in [0, 0.1) is 0 Å². The number of para-hydroxylation sites is 1. The molecule has 35 heavy (non-hydrogen) atoms. The molecule has 0 saturated heterocycles. The molecular formula is C27H33N5O3. The molecule has 0 saturated carbocycles. The highest BCUT2D eigenvalue weighted by Gasteiger charge is 2.30. The van der Waals surface area contributed by atoms with Gasteiger partial charge in [0.25, 0.3) is 5.56 Å². The zero-order valence-electron chi connectivity index (χ0n) is 20.4. The van der Waals surface area contributed by atoms with Gasteiger partial charge in [0.05, 0.1) is 13.1 Å². The molecule has 0 bridgehead atoms. The van der Waals surface area contributed by atoms with Crippen LogP contribution in [0.5, 0.6) is 0 Å². The Balaban J connectivity index is 1.75. The van der Waals surface area contributed by atoms with E-state index in [0.29, 0.717) is 6.54 Å². The van der Waals surface area contributed by atoms with Crippen molar-refractivity contribution in [1.82, 2.24) is 9.55 Å². The Kier molecular flexibility index (Phi) is 7.39. The van der Waals surface area contributed by atoms with Crippen molar-refractivity contribution >= 4 is 23.1 Å². The minimum Gasteiger partial charge on any atom is -0.383 e. The van der Waals surface area contributed by atoms with E-state index in [2.05, 4.69) is 22.9 Å². The average Bonchev–Trinajstić information content (AvgIpc) is 2.85. The van der Waals surface area contributed by atoms with Crippen molar-refractivity contribution in [3.63, 3.8) is 0 Å². The number of nitrogens with one attached hydrogen (secondary N) is 1. The topological polar surface area (TPSA) is 104 Å². The van der Waals surface area contributed by atoms with Gasteiger partial charge in [0.2, 0.25) is 5.91 Å². The Labute approximate surface area is 205 Å². The van der Waals surface area contributed by atoms with Crippen LogP contribution < -0.4 is 26.8 Å². The second-order valence-corrected chi connectivity index (χ2v) is 9.11. The molecule has 2 heterocycles. The van der Waals surface area contributed by atoms with E-state index in [1.54, 1.807) is 0 Å². The van der Waals surface area contributed by atoms with Gasteiger partial charge in [-0.1, -0.05) is 61.9 Å². The first-order chi connectivity index (χ1) is 16.9. The highest BCUT2D eigenvalue weighted by atomic mass is 16.2. The molecule has 8 heteroatoms. The summed E-state index contributed by atoms with van der Waals surface area (Å²) >= 11 is 0. The van der Waals surface area contributed by atoms with Gasteiger partial charge in [-0.3, -0.25) is 24.0 Å². The van der Waals surface area contributed by atoms with E-state index in [9.17, 15) is 14.4 Å². The molecule has 184 valence electrons. The summed E-state index contributed by atoms with van der Waals surface area (Å²) in [6, 6.07) is 17.7. The third-order valence-corrected chi connectivity index (χ3v) is 6.67. The lowest BCUT2D eigenvalue weighted by atomic mass is 9.96. The molecule has 1 atom stereocenters. The van der Waals surface area contributed by atoms with Crippen LogP contribution in [-0.4, -0.2) is 28.0 Å². The predicted octanol–water partition coefficient (Wildman–Crippen LogP) is 3.29. The maximum Gasteiger partial charge on any atom is 0.330 e. The number of nitrogens with zero attached hydrogens (tertiary/aromatic N) is 3. The number of anilines is 3. The summed E-state index contributed by atoms with van der Waals surface area (Å²) < 4.78 is 1.35. The van der Waals surface area contributed by atoms with Crippen LogP contribution in [0.4, 0.5) is 17.2 Å². The van der Waals surface area contributed by atoms with Crippen LogP contribution in [0.3, 0.4) is 0 Å². The number of amides is 1. The monoisotopic (exact) mass is 475 g/mol. The number of aromatic nitrogens is 2. The quantitative estimate of drug-likeness (QED) is 0.520. The van der Waals surface area contributed by atoms with Gasteiger partial charge in [-0.25, -0.2) is 4.79 Å². The highest BCUT2D eigenvalue weighted by molar-refractivity contribution is 5.98. The molecule has 1 aromatic heterocycles. The standard InChI is InChI=1S/C27H33N5O3/c1-3-4-16-30-25(28)24(26(34)29-27(30)35)32(17-20-10-6-5-7-11-20)23(33)18-31-19(2)14-15-21-12-8-9-13-22(21)31/h5-13,19H,3-4,14-18,28H2,1-2H3,(H,29,34,35). The Bertz CT molecular complexity index is 1300. The van der Waals surface area contributed by atoms with Crippen molar-refractivity contribution in [3.8, 4) is 0 Å². The summed E-state index contributed by atoms with van der Waals surface area (Å²) in [6.07, 6.45) is 3.49. The molecule has 0 radical (unpaired) electrons. The van der Waals surface area contributed by atoms with E-state index in [4.69, 9.17) is 5.73 Å². The van der Waals surface area contributed by atoms with Crippen LogP contribution in [0.1, 0.15) is 44.2 Å². The number of H-pyrrole nitrogens is 1. The van der Waals surface area contributed by atoms with Gasteiger partial charge in [0, 0.05) is 18.3 Å². The number of aryl methyl sites for hydroxylation is 1. The molecule has 1 aliphatic heterocycles. The second kappa shape index (κ2) is 10.6. The molecule has 4 rings (SSSR count). The van der Waals surface area contributed by atoms with E-state index in [1.807, 2.05) is 55.5 Å². The molecule has 1 aliphatic rings. The number of carbonyl (C=O) groups excluding carboxylic acids is 1. The third-order valence-electron chi connectivity index (χ3n) is 6.67. The molecule has 0 aliphatic carbocycles. The van der Waals surface area contributed by atoms with Gasteiger partial charge in [0.1, 0.15) is 5.82 Å². The van der Waals surface area contributed by atoms with E-state index in [1.165, 1.54) is 15.0 Å². The molecule has 1 unspecified atom stereocenters. The maximum atomic E-state index is 13.9. The molecule has 3 aromatic rings. The predicted molar refractivity (Wildman–Crippen MR) is 140 cm³/mol. The van der Waals surface area contributed by atoms with E-state index in [0.717, 1.165) is 36.9 Å². The summed E-state index contributed by atoms with van der Waals surface area (Å²) in [4.78, 5) is 45.3. The fourth-order valence-corrected chi connectivity index (χ4v) is 4.67. The Morgan fingerprint density at radius 3 is 2.57 bits per heavy atom. The highest BCUT2D eigenvalue weighted by Crippen LogP contribution is 2.31. The number of benzene rings is 2. The Morgan fingerprint density at radius 2 is 1.83 bits per heavy atom. The molecular weight excluding hydrogens is 442 g/mol. The number of hydrogen-bond donors (Lipinski definition) is 2. The fourth-order valence-electron chi connectivity index (χ4n) is 4.67. The number of carbonyl (C=O) groups is 1. The van der Waals surface area contributed by atoms with E-state index >= 15 is 0 Å². The first-order valence-corrected chi connectivity index (χ1v) is 12.2. The van der Waals surface area contributed by atoms with Gasteiger partial charge >= 0.3 is 5.69 Å². The van der Waals surface area contributed by atoms with Gasteiger partial charge in [-0.05, 0) is 43.4 Å². The van der Waals surface area contributed by atoms with Crippen LogP contribution in [0.15, 0.2) is 64.2 Å². The van der Waals surface area contributed by atoms with Crippen LogP contribution in [-0.2, 0) is 24.3 Å². The van der Waals surface area contributed by atoms with Crippen LogP contribution in [0.25, 0.3) is 0 Å². The number of unbranched alkanes of at least 4 members (excludes halogenated alkanes) is 1. The smallest absolute Gasteiger partial charge is 0.330 e. The van der Waals surface area contributed by atoms with Gasteiger partial charge in [0.15, 0.2) is 5.69 Å².